The van der Waals surface area contributed by atoms with Gasteiger partial charge in [0, 0.05) is 11.3 Å². The van der Waals surface area contributed by atoms with Crippen LogP contribution in [0.25, 0.3) is 10.2 Å². The number of fused-ring (bicyclic) bond motifs is 1. The summed E-state index contributed by atoms with van der Waals surface area (Å²) in [5, 5.41) is 0. The maximum absolute atomic E-state index is 13.1. The molecule has 3 aromatic carbocycles. The van der Waals surface area contributed by atoms with Gasteiger partial charge in [-0.1, -0.05) is 48.9 Å². The van der Waals surface area contributed by atoms with Crippen molar-refractivity contribution in [2.45, 2.75) is 44.6 Å². The Kier molecular flexibility index (Phi) is 8.75. The van der Waals surface area contributed by atoms with Gasteiger partial charge in [0.1, 0.15) is 6.54 Å². The van der Waals surface area contributed by atoms with Gasteiger partial charge in [-0.2, -0.15) is 4.99 Å². The first-order valence-corrected chi connectivity index (χ1v) is 14.7. The number of nitrogens with zero attached hydrogens (tertiary/aromatic N) is 2. The van der Waals surface area contributed by atoms with Crippen LogP contribution in [0.2, 0.25) is 0 Å². The summed E-state index contributed by atoms with van der Waals surface area (Å²) in [5.74, 6) is -0.913. The van der Waals surface area contributed by atoms with Gasteiger partial charge < -0.3 is 9.30 Å². The minimum absolute atomic E-state index is 0.0610. The van der Waals surface area contributed by atoms with Gasteiger partial charge in [-0.25, -0.2) is 8.42 Å². The number of hydrogen-bond donors (Lipinski definition) is 1. The van der Waals surface area contributed by atoms with Crippen molar-refractivity contribution in [3.63, 3.8) is 0 Å². The Hall–Kier alpha value is -3.76. The first-order chi connectivity index (χ1) is 18.3. The molecule has 4 rings (SSSR count). The summed E-state index contributed by atoms with van der Waals surface area (Å²) in [4.78, 5) is 30.2. The number of amides is 1. The molecule has 0 aliphatic carbocycles. The topological polar surface area (TPSA) is 107 Å². The van der Waals surface area contributed by atoms with E-state index in [-0.39, 0.29) is 23.6 Å². The zero-order chi connectivity index (χ0) is 27.1. The van der Waals surface area contributed by atoms with E-state index in [0.29, 0.717) is 10.5 Å². The third kappa shape index (κ3) is 6.56. The molecule has 4 aromatic rings. The summed E-state index contributed by atoms with van der Waals surface area (Å²) in [7, 11) is -3.75. The molecule has 0 aliphatic heterocycles. The maximum atomic E-state index is 13.1. The average Bonchev–Trinajstić information content (AvgIpc) is 3.24. The van der Waals surface area contributed by atoms with Crippen LogP contribution in [0.15, 0.2) is 82.7 Å². The average molecular weight is 552 g/mol. The Morgan fingerprint density at radius 1 is 1.00 bits per heavy atom. The summed E-state index contributed by atoms with van der Waals surface area (Å²) < 4.78 is 35.4. The van der Waals surface area contributed by atoms with Crippen LogP contribution in [0.1, 0.15) is 42.6 Å². The fraction of sp³-hybridized carbons (Fsp3) is 0.250. The Morgan fingerprint density at radius 2 is 1.74 bits per heavy atom. The Bertz CT molecular complexity index is 1610. The van der Waals surface area contributed by atoms with Crippen LogP contribution in [0.3, 0.4) is 0 Å². The highest BCUT2D eigenvalue weighted by Crippen LogP contribution is 2.21. The van der Waals surface area contributed by atoms with Crippen molar-refractivity contribution in [3.05, 3.63) is 88.7 Å². The number of anilines is 1. The predicted octanol–water partition coefficient (Wildman–Crippen LogP) is 5.15. The standard InChI is InChI=1S/C28H29N3O5S2/c1-3-5-9-20-12-17-24-25(18-20)37-28(31(24)19-26(32)36-4-2)29-27(33)21-13-15-22(16-14-21)30-38(34,35)23-10-7-6-8-11-23/h6-8,10-18,30H,3-5,9,19H2,1-2H3. The van der Waals surface area contributed by atoms with E-state index in [1.165, 1.54) is 53.3 Å². The number of thiazole rings is 1. The van der Waals surface area contributed by atoms with Crippen molar-refractivity contribution >= 4 is 49.1 Å². The third-order valence-corrected chi connectivity index (χ3v) is 8.23. The highest BCUT2D eigenvalue weighted by Gasteiger charge is 2.15. The molecule has 0 unspecified atom stereocenters. The van der Waals surface area contributed by atoms with Gasteiger partial charge in [-0.05, 0) is 73.9 Å². The summed E-state index contributed by atoms with van der Waals surface area (Å²) in [6.07, 6.45) is 3.12. The van der Waals surface area contributed by atoms with E-state index in [9.17, 15) is 18.0 Å². The van der Waals surface area contributed by atoms with Crippen LogP contribution in [0, 0.1) is 0 Å². The van der Waals surface area contributed by atoms with Crippen molar-refractivity contribution in [1.82, 2.24) is 4.57 Å². The van der Waals surface area contributed by atoms with E-state index in [1.807, 2.05) is 12.1 Å². The minimum atomic E-state index is -3.75. The number of rotatable bonds is 10. The number of aryl methyl sites for hydroxylation is 1. The van der Waals surface area contributed by atoms with Crippen LogP contribution in [-0.4, -0.2) is 31.5 Å². The molecule has 1 N–H and O–H groups in total. The molecular weight excluding hydrogens is 522 g/mol. The second kappa shape index (κ2) is 12.2. The zero-order valence-electron chi connectivity index (χ0n) is 21.2. The lowest BCUT2D eigenvalue weighted by molar-refractivity contribution is -0.143. The highest BCUT2D eigenvalue weighted by atomic mass is 32.2. The van der Waals surface area contributed by atoms with E-state index in [2.05, 4.69) is 22.7 Å². The number of nitrogens with one attached hydrogen (secondary N) is 1. The molecule has 38 heavy (non-hydrogen) atoms. The number of unbranched alkanes of at least 4 members (excludes halogenated alkanes) is 1. The van der Waals surface area contributed by atoms with Crippen molar-refractivity contribution in [2.24, 2.45) is 4.99 Å². The second-order valence-corrected chi connectivity index (χ2v) is 11.3. The molecule has 0 atom stereocenters. The van der Waals surface area contributed by atoms with Crippen LogP contribution in [-0.2, 0) is 32.5 Å². The number of esters is 1. The van der Waals surface area contributed by atoms with Gasteiger partial charge in [0.15, 0.2) is 4.80 Å². The molecule has 0 fully saturated rings. The molecule has 0 saturated heterocycles. The molecule has 0 bridgehead atoms. The van der Waals surface area contributed by atoms with E-state index in [4.69, 9.17) is 4.74 Å². The summed E-state index contributed by atoms with van der Waals surface area (Å²) in [6, 6.07) is 20.2. The zero-order valence-corrected chi connectivity index (χ0v) is 22.8. The van der Waals surface area contributed by atoms with Gasteiger partial charge in [0.05, 0.1) is 21.7 Å². The SMILES string of the molecule is CCCCc1ccc2c(c1)sc(=NC(=O)c1ccc(NS(=O)(=O)c3ccccc3)cc1)n2CC(=O)OCC. The second-order valence-electron chi connectivity index (χ2n) is 8.59. The van der Waals surface area contributed by atoms with Gasteiger partial charge in [0.2, 0.25) is 0 Å². The van der Waals surface area contributed by atoms with Gasteiger partial charge in [-0.15, -0.1) is 0 Å². The number of aromatic nitrogens is 1. The third-order valence-electron chi connectivity index (χ3n) is 5.79. The van der Waals surface area contributed by atoms with Crippen molar-refractivity contribution in [3.8, 4) is 0 Å². The molecule has 198 valence electrons. The molecule has 0 saturated carbocycles. The van der Waals surface area contributed by atoms with Crippen LogP contribution in [0.5, 0.6) is 0 Å². The normalized spacial score (nSPS) is 12.0. The Morgan fingerprint density at radius 3 is 2.42 bits per heavy atom. The van der Waals surface area contributed by atoms with Crippen LogP contribution < -0.4 is 9.52 Å². The monoisotopic (exact) mass is 551 g/mol. The molecule has 8 nitrogen and oxygen atoms in total. The van der Waals surface area contributed by atoms with E-state index < -0.39 is 21.9 Å². The molecule has 0 aliphatic rings. The molecule has 1 aromatic heterocycles. The first kappa shape index (κ1) is 27.3. The number of benzene rings is 3. The molecule has 10 heteroatoms. The van der Waals surface area contributed by atoms with Gasteiger partial charge in [0.25, 0.3) is 15.9 Å². The molecule has 1 amide bonds. The van der Waals surface area contributed by atoms with Crippen molar-refractivity contribution in [1.29, 1.82) is 0 Å². The van der Waals surface area contributed by atoms with E-state index in [1.54, 1.807) is 29.7 Å². The molecule has 0 spiro atoms. The quantitative estimate of drug-likeness (QED) is 0.274. The largest absolute Gasteiger partial charge is 0.465 e. The van der Waals surface area contributed by atoms with Crippen LogP contribution in [0.4, 0.5) is 5.69 Å². The lowest BCUT2D eigenvalue weighted by Gasteiger charge is -2.08. The van der Waals surface area contributed by atoms with Crippen molar-refractivity contribution < 1.29 is 22.7 Å². The lowest BCUT2D eigenvalue weighted by Crippen LogP contribution is -2.23. The van der Waals surface area contributed by atoms with Crippen LogP contribution >= 0.6 is 11.3 Å². The minimum Gasteiger partial charge on any atom is -0.465 e. The summed E-state index contributed by atoms with van der Waals surface area (Å²) >= 11 is 1.34. The van der Waals surface area contributed by atoms with Gasteiger partial charge in [-0.3, -0.25) is 14.3 Å². The first-order valence-electron chi connectivity index (χ1n) is 12.4. The lowest BCUT2D eigenvalue weighted by atomic mass is 10.1. The van der Waals surface area contributed by atoms with Crippen molar-refractivity contribution in [2.75, 3.05) is 11.3 Å². The van der Waals surface area contributed by atoms with Gasteiger partial charge >= 0.3 is 5.97 Å². The van der Waals surface area contributed by atoms with E-state index in [0.717, 1.165) is 29.5 Å². The fourth-order valence-corrected chi connectivity index (χ4v) is 6.04. The smallest absolute Gasteiger partial charge is 0.326 e. The number of carbonyl (C=O) groups excluding carboxylic acids is 2. The summed E-state index contributed by atoms with van der Waals surface area (Å²) in [5.41, 5.74) is 2.61. The predicted molar refractivity (Wildman–Crippen MR) is 149 cm³/mol. The Labute approximate surface area is 225 Å². The number of ether oxygens (including phenoxy) is 1. The molecule has 0 radical (unpaired) electrons. The highest BCUT2D eigenvalue weighted by molar-refractivity contribution is 7.92. The molecule has 1 heterocycles. The Balaban J connectivity index is 1.63. The fourth-order valence-electron chi connectivity index (χ4n) is 3.87. The number of carbonyl (C=O) groups is 2. The van der Waals surface area contributed by atoms with E-state index >= 15 is 0 Å². The number of sulfonamides is 1. The molecular formula is C28H29N3O5S2. The maximum Gasteiger partial charge on any atom is 0.326 e. The summed E-state index contributed by atoms with van der Waals surface area (Å²) in [6.45, 7) is 4.08. The number of hydrogen-bond acceptors (Lipinski definition) is 6.